The van der Waals surface area contributed by atoms with Crippen molar-refractivity contribution in [3.63, 3.8) is 0 Å². The molecule has 0 fully saturated rings. The molecule has 3 rings (SSSR count). The van der Waals surface area contributed by atoms with E-state index in [-0.39, 0.29) is 49.3 Å². The van der Waals surface area contributed by atoms with Gasteiger partial charge in [-0.25, -0.2) is 14.2 Å². The first-order valence-electron chi connectivity index (χ1n) is 11.0. The summed E-state index contributed by atoms with van der Waals surface area (Å²) in [6.45, 7) is 6.35. The van der Waals surface area contributed by atoms with Gasteiger partial charge in [-0.05, 0) is 57.7 Å². The summed E-state index contributed by atoms with van der Waals surface area (Å²) in [7, 11) is 0. The molecular formula is C23H26F7N3O2. The molecule has 0 spiro atoms. The number of hydrogen-bond donors (Lipinski definition) is 0. The molecule has 1 aromatic heterocycles. The number of rotatable bonds is 4. The first-order chi connectivity index (χ1) is 16.0. The van der Waals surface area contributed by atoms with Gasteiger partial charge < -0.3 is 9.30 Å². The normalized spacial score (nSPS) is 16.9. The van der Waals surface area contributed by atoms with Gasteiger partial charge in [-0.3, -0.25) is 4.90 Å². The van der Waals surface area contributed by atoms with E-state index in [4.69, 9.17) is 4.74 Å². The molecule has 194 valence electrons. The van der Waals surface area contributed by atoms with E-state index < -0.39 is 47.3 Å². The number of aryl methyl sites for hydroxylation is 2. The molecule has 12 heteroatoms. The number of carbonyl (C=O) groups is 1. The van der Waals surface area contributed by atoms with Gasteiger partial charge in [0.1, 0.15) is 11.4 Å². The molecular weight excluding hydrogens is 483 g/mol. The van der Waals surface area contributed by atoms with Crippen molar-refractivity contribution in [2.75, 3.05) is 6.54 Å². The fraction of sp³-hybridized carbons (Fsp3) is 0.565. The number of benzene rings is 1. The predicted octanol–water partition coefficient (Wildman–Crippen LogP) is 6.55. The molecule has 1 aliphatic rings. The second-order valence-electron chi connectivity index (χ2n) is 9.31. The molecule has 0 N–H and O–H groups in total. The fourth-order valence-corrected chi connectivity index (χ4v) is 4.18. The molecule has 0 bridgehead atoms. The number of amides is 1. The van der Waals surface area contributed by atoms with Crippen molar-refractivity contribution in [3.8, 4) is 0 Å². The van der Waals surface area contributed by atoms with Gasteiger partial charge >= 0.3 is 18.4 Å². The van der Waals surface area contributed by atoms with Crippen LogP contribution in [0.25, 0.3) is 0 Å². The molecule has 1 atom stereocenters. The summed E-state index contributed by atoms with van der Waals surface area (Å²) in [6, 6.07) is 1.59. The number of carbonyl (C=O) groups excluding carboxylic acids is 1. The van der Waals surface area contributed by atoms with Gasteiger partial charge in [0.2, 0.25) is 5.82 Å². The lowest BCUT2D eigenvalue weighted by Crippen LogP contribution is -2.45. The van der Waals surface area contributed by atoms with Crippen LogP contribution in [0.4, 0.5) is 35.5 Å². The summed E-state index contributed by atoms with van der Waals surface area (Å²) in [5.74, 6) is -2.51. The van der Waals surface area contributed by atoms with E-state index in [1.165, 1.54) is 4.90 Å². The number of nitrogens with zero attached hydrogens (tertiary/aromatic N) is 3. The standard InChI is InChI=1S/C23H26F7N3O2/c1-5-16-18-17(9-7-13-6-8-14(15(24)12-13)22(25,26)27)32(20(34)35-21(2,3)4)10-11-33(18)19(31-16)23(28,29)30/h6,8,12,17H,5,7,9-11H2,1-4H3. The highest BCUT2D eigenvalue weighted by Crippen LogP contribution is 2.39. The van der Waals surface area contributed by atoms with Crippen LogP contribution in [0.5, 0.6) is 0 Å². The third-order valence-corrected chi connectivity index (χ3v) is 5.60. The first-order valence-corrected chi connectivity index (χ1v) is 11.0. The number of imidazole rings is 1. The summed E-state index contributed by atoms with van der Waals surface area (Å²) in [4.78, 5) is 18.0. The maximum absolute atomic E-state index is 14.1. The van der Waals surface area contributed by atoms with Crippen molar-refractivity contribution >= 4 is 6.09 Å². The van der Waals surface area contributed by atoms with Crippen LogP contribution in [-0.2, 0) is 36.5 Å². The Morgan fingerprint density at radius 3 is 2.26 bits per heavy atom. The molecule has 0 saturated heterocycles. The molecule has 2 aromatic rings. The van der Waals surface area contributed by atoms with Crippen molar-refractivity contribution in [1.82, 2.24) is 14.5 Å². The Hall–Kier alpha value is -2.79. The Morgan fingerprint density at radius 1 is 1.09 bits per heavy atom. The van der Waals surface area contributed by atoms with Crippen molar-refractivity contribution in [1.29, 1.82) is 0 Å². The molecule has 1 amide bonds. The Balaban J connectivity index is 1.99. The summed E-state index contributed by atoms with van der Waals surface area (Å²) in [6.07, 6.45) is -10.1. The van der Waals surface area contributed by atoms with E-state index in [1.54, 1.807) is 27.7 Å². The third-order valence-electron chi connectivity index (χ3n) is 5.60. The van der Waals surface area contributed by atoms with Crippen molar-refractivity contribution in [2.24, 2.45) is 0 Å². The van der Waals surface area contributed by atoms with Crippen LogP contribution >= 0.6 is 0 Å². The SMILES string of the molecule is CCc1nc(C(F)(F)F)n2c1C(CCc1ccc(C(F)(F)F)c(F)c1)N(C(=O)OC(C)(C)C)CC2. The van der Waals surface area contributed by atoms with Crippen LogP contribution in [0.15, 0.2) is 18.2 Å². The number of fused-ring (bicyclic) bond motifs is 1. The molecule has 0 aliphatic carbocycles. The maximum atomic E-state index is 14.1. The quantitative estimate of drug-likeness (QED) is 0.440. The maximum Gasteiger partial charge on any atom is 0.449 e. The van der Waals surface area contributed by atoms with Crippen LogP contribution in [0, 0.1) is 5.82 Å². The highest BCUT2D eigenvalue weighted by atomic mass is 19.4. The van der Waals surface area contributed by atoms with Crippen molar-refractivity contribution in [3.05, 3.63) is 52.4 Å². The van der Waals surface area contributed by atoms with Crippen LogP contribution in [0.3, 0.4) is 0 Å². The molecule has 2 heterocycles. The van der Waals surface area contributed by atoms with Gasteiger partial charge in [-0.1, -0.05) is 13.0 Å². The van der Waals surface area contributed by atoms with Crippen LogP contribution in [0.2, 0.25) is 0 Å². The fourth-order valence-electron chi connectivity index (χ4n) is 4.18. The molecule has 35 heavy (non-hydrogen) atoms. The number of halogens is 7. The van der Waals surface area contributed by atoms with E-state index in [9.17, 15) is 35.5 Å². The summed E-state index contributed by atoms with van der Waals surface area (Å²) >= 11 is 0. The average molecular weight is 509 g/mol. The summed E-state index contributed by atoms with van der Waals surface area (Å²) < 4.78 is 100. The Morgan fingerprint density at radius 2 is 1.74 bits per heavy atom. The number of alkyl halides is 6. The van der Waals surface area contributed by atoms with E-state index in [1.807, 2.05) is 0 Å². The largest absolute Gasteiger partial charge is 0.449 e. The monoisotopic (exact) mass is 509 g/mol. The number of hydrogen-bond acceptors (Lipinski definition) is 3. The number of ether oxygens (including phenoxy) is 1. The molecule has 5 nitrogen and oxygen atoms in total. The highest BCUT2D eigenvalue weighted by molar-refractivity contribution is 5.69. The minimum absolute atomic E-state index is 0.00864. The smallest absolute Gasteiger partial charge is 0.444 e. The van der Waals surface area contributed by atoms with Crippen LogP contribution in [-0.4, -0.2) is 32.7 Å². The molecule has 1 aliphatic heterocycles. The van der Waals surface area contributed by atoms with Crippen LogP contribution in [0.1, 0.15) is 68.5 Å². The van der Waals surface area contributed by atoms with Gasteiger partial charge in [0.25, 0.3) is 0 Å². The lowest BCUT2D eigenvalue weighted by Gasteiger charge is -2.38. The minimum Gasteiger partial charge on any atom is -0.444 e. The van der Waals surface area contributed by atoms with E-state index in [0.717, 1.165) is 16.7 Å². The second kappa shape index (κ2) is 9.34. The van der Waals surface area contributed by atoms with Gasteiger partial charge in [0.05, 0.1) is 23.0 Å². The zero-order chi connectivity index (χ0) is 26.3. The second-order valence-corrected chi connectivity index (χ2v) is 9.31. The zero-order valence-electron chi connectivity index (χ0n) is 19.6. The van der Waals surface area contributed by atoms with Gasteiger partial charge in [-0.2, -0.15) is 26.3 Å². The Kier molecular flexibility index (Phi) is 7.16. The topological polar surface area (TPSA) is 47.4 Å². The molecule has 0 radical (unpaired) electrons. The third kappa shape index (κ3) is 5.90. The van der Waals surface area contributed by atoms with Crippen LogP contribution < -0.4 is 0 Å². The zero-order valence-corrected chi connectivity index (χ0v) is 19.6. The highest BCUT2D eigenvalue weighted by Gasteiger charge is 2.44. The van der Waals surface area contributed by atoms with E-state index in [0.29, 0.717) is 6.07 Å². The van der Waals surface area contributed by atoms with Crippen molar-refractivity contribution in [2.45, 2.75) is 77.5 Å². The molecule has 1 unspecified atom stereocenters. The number of aromatic nitrogens is 2. The van der Waals surface area contributed by atoms with E-state index >= 15 is 0 Å². The summed E-state index contributed by atoms with van der Waals surface area (Å²) in [5, 5.41) is 0. The van der Waals surface area contributed by atoms with Crippen molar-refractivity contribution < 1.29 is 40.3 Å². The van der Waals surface area contributed by atoms with Gasteiger partial charge in [-0.15, -0.1) is 0 Å². The summed E-state index contributed by atoms with van der Waals surface area (Å²) in [5.41, 5.74) is -1.69. The lowest BCUT2D eigenvalue weighted by molar-refractivity contribution is -0.148. The Bertz CT molecular complexity index is 1080. The lowest BCUT2D eigenvalue weighted by atomic mass is 9.97. The van der Waals surface area contributed by atoms with E-state index in [2.05, 4.69) is 4.98 Å². The van der Waals surface area contributed by atoms with Gasteiger partial charge in [0.15, 0.2) is 0 Å². The first kappa shape index (κ1) is 26.8. The predicted molar refractivity (Wildman–Crippen MR) is 112 cm³/mol. The minimum atomic E-state index is -4.85. The average Bonchev–Trinajstić information content (AvgIpc) is 3.09. The Labute approximate surface area is 197 Å². The molecule has 1 aromatic carbocycles. The van der Waals surface area contributed by atoms with Gasteiger partial charge in [0, 0.05) is 13.1 Å². The molecule has 0 saturated carbocycles.